The van der Waals surface area contributed by atoms with Crippen LogP contribution in [0.1, 0.15) is 52.5 Å². The molecule has 158 valence electrons. The summed E-state index contributed by atoms with van der Waals surface area (Å²) in [6, 6.07) is 8.04. The van der Waals surface area contributed by atoms with Crippen LogP contribution in [-0.4, -0.2) is 50.0 Å². The van der Waals surface area contributed by atoms with E-state index < -0.39 is 0 Å². The minimum absolute atomic E-state index is 0.134. The highest BCUT2D eigenvalue weighted by atomic mass is 32.2. The maximum Gasteiger partial charge on any atom is 0.233 e. The third kappa shape index (κ3) is 4.69. The molecule has 29 heavy (non-hydrogen) atoms. The summed E-state index contributed by atoms with van der Waals surface area (Å²) in [5.41, 5.74) is 0. The number of amides is 1. The zero-order chi connectivity index (χ0) is 21.0. The van der Waals surface area contributed by atoms with Crippen LogP contribution in [-0.2, 0) is 11.8 Å². The zero-order valence-electron chi connectivity index (χ0n) is 17.8. The van der Waals surface area contributed by atoms with Gasteiger partial charge in [0.25, 0.3) is 0 Å². The third-order valence-electron chi connectivity index (χ3n) is 5.41. The van der Waals surface area contributed by atoms with E-state index in [-0.39, 0.29) is 24.1 Å². The molecule has 3 rings (SSSR count). The Labute approximate surface area is 176 Å². The van der Waals surface area contributed by atoms with Crippen molar-refractivity contribution in [1.82, 2.24) is 19.7 Å². The lowest BCUT2D eigenvalue weighted by molar-refractivity contribution is -0.132. The Balaban J connectivity index is 1.66. The highest BCUT2D eigenvalue weighted by Gasteiger charge is 2.28. The fourth-order valence-electron chi connectivity index (χ4n) is 3.40. The number of nitrogens with zero attached hydrogens (tertiary/aromatic N) is 4. The Morgan fingerprint density at radius 3 is 2.52 bits per heavy atom. The smallest absolute Gasteiger partial charge is 0.233 e. The van der Waals surface area contributed by atoms with Gasteiger partial charge in [0.1, 0.15) is 6.61 Å². The summed E-state index contributed by atoms with van der Waals surface area (Å²) >= 11 is 1.41. The van der Waals surface area contributed by atoms with Crippen LogP contribution in [0.15, 0.2) is 29.4 Å². The fourth-order valence-corrected chi connectivity index (χ4v) is 4.19. The van der Waals surface area contributed by atoms with Gasteiger partial charge in [0.2, 0.25) is 5.91 Å². The van der Waals surface area contributed by atoms with Gasteiger partial charge >= 0.3 is 0 Å². The number of hydrogen-bond donors (Lipinski definition) is 0. The van der Waals surface area contributed by atoms with Gasteiger partial charge in [-0.3, -0.25) is 4.79 Å². The number of hydrogen-bond acceptors (Lipinski definition) is 6. The van der Waals surface area contributed by atoms with Crippen molar-refractivity contribution < 1.29 is 14.3 Å². The predicted molar refractivity (Wildman–Crippen MR) is 113 cm³/mol. The molecule has 0 aliphatic carbocycles. The Bertz CT molecular complexity index is 831. The summed E-state index contributed by atoms with van der Waals surface area (Å²) in [6.45, 7) is 8.81. The average molecular weight is 419 g/mol. The molecule has 0 bridgehead atoms. The quantitative estimate of drug-likeness (QED) is 0.607. The summed E-state index contributed by atoms with van der Waals surface area (Å²) in [5, 5.41) is 9.28. The molecule has 0 N–H and O–H groups in total. The molecule has 0 saturated carbocycles. The molecule has 3 atom stereocenters. The van der Waals surface area contributed by atoms with E-state index in [0.29, 0.717) is 29.1 Å². The minimum atomic E-state index is -0.329. The molecule has 1 amide bonds. The highest BCUT2D eigenvalue weighted by Crippen LogP contribution is 2.35. The summed E-state index contributed by atoms with van der Waals surface area (Å²) in [7, 11) is 1.90. The molecule has 0 fully saturated rings. The van der Waals surface area contributed by atoms with Crippen molar-refractivity contribution in [2.24, 2.45) is 7.05 Å². The van der Waals surface area contributed by atoms with E-state index in [9.17, 15) is 4.79 Å². The van der Waals surface area contributed by atoms with E-state index in [1.807, 2.05) is 40.8 Å². The van der Waals surface area contributed by atoms with Gasteiger partial charge < -0.3 is 18.9 Å². The molecule has 0 radical (unpaired) electrons. The summed E-state index contributed by atoms with van der Waals surface area (Å²) < 4.78 is 13.7. The third-order valence-corrected chi connectivity index (χ3v) is 6.41. The molecular weight excluding hydrogens is 388 g/mol. The largest absolute Gasteiger partial charge is 0.485 e. The molecule has 1 aromatic heterocycles. The Hall–Kier alpha value is -2.22. The molecule has 7 nitrogen and oxygen atoms in total. The summed E-state index contributed by atoms with van der Waals surface area (Å²) in [4.78, 5) is 14.9. The van der Waals surface area contributed by atoms with Crippen LogP contribution in [0.3, 0.4) is 0 Å². The van der Waals surface area contributed by atoms with Crippen molar-refractivity contribution in [3.63, 3.8) is 0 Å². The molecule has 0 saturated heterocycles. The topological polar surface area (TPSA) is 69.5 Å². The van der Waals surface area contributed by atoms with Crippen molar-refractivity contribution in [1.29, 1.82) is 0 Å². The SMILES string of the molecule is CC[C@@H](C)N(C(=O)CSc1nnc([C@@H]2COc3ccccc3O2)n1C)[C@@H](C)CC. The lowest BCUT2D eigenvalue weighted by Gasteiger charge is -2.34. The maximum absolute atomic E-state index is 12.9. The van der Waals surface area contributed by atoms with Gasteiger partial charge in [-0.25, -0.2) is 0 Å². The van der Waals surface area contributed by atoms with Crippen LogP contribution >= 0.6 is 11.8 Å². The van der Waals surface area contributed by atoms with E-state index in [0.717, 1.165) is 18.6 Å². The first kappa shape index (κ1) is 21.5. The summed E-state index contributed by atoms with van der Waals surface area (Å²) in [5.74, 6) is 2.60. The Morgan fingerprint density at radius 2 is 1.86 bits per heavy atom. The second kappa shape index (κ2) is 9.52. The second-order valence-electron chi connectivity index (χ2n) is 7.37. The lowest BCUT2D eigenvalue weighted by Crippen LogP contribution is -2.45. The van der Waals surface area contributed by atoms with E-state index in [2.05, 4.69) is 37.9 Å². The maximum atomic E-state index is 12.9. The first-order valence-corrected chi connectivity index (χ1v) is 11.2. The first-order valence-electron chi connectivity index (χ1n) is 10.2. The summed E-state index contributed by atoms with van der Waals surface area (Å²) in [6.07, 6.45) is 1.55. The molecule has 2 aromatic rings. The van der Waals surface area contributed by atoms with Gasteiger partial charge in [-0.15, -0.1) is 10.2 Å². The predicted octanol–water partition coefficient (Wildman–Crippen LogP) is 3.85. The fraction of sp³-hybridized carbons (Fsp3) is 0.571. The molecular formula is C21H30N4O3S. The normalized spacial score (nSPS) is 17.6. The number of aromatic nitrogens is 3. The number of benzene rings is 1. The van der Waals surface area contributed by atoms with Crippen LogP contribution in [0.4, 0.5) is 0 Å². The monoisotopic (exact) mass is 418 g/mol. The van der Waals surface area contributed by atoms with E-state index >= 15 is 0 Å². The van der Waals surface area contributed by atoms with Crippen molar-refractivity contribution >= 4 is 17.7 Å². The number of rotatable bonds is 8. The van der Waals surface area contributed by atoms with Crippen molar-refractivity contribution in [3.05, 3.63) is 30.1 Å². The number of thioether (sulfide) groups is 1. The number of ether oxygens (including phenoxy) is 2. The highest BCUT2D eigenvalue weighted by molar-refractivity contribution is 7.99. The molecule has 1 aromatic carbocycles. The van der Waals surface area contributed by atoms with Crippen LogP contribution in [0.25, 0.3) is 0 Å². The van der Waals surface area contributed by atoms with E-state index in [4.69, 9.17) is 9.47 Å². The van der Waals surface area contributed by atoms with Crippen LogP contribution in [0, 0.1) is 0 Å². The van der Waals surface area contributed by atoms with Gasteiger partial charge in [0.05, 0.1) is 5.75 Å². The van der Waals surface area contributed by atoms with Crippen LogP contribution < -0.4 is 9.47 Å². The van der Waals surface area contributed by atoms with Gasteiger partial charge in [-0.1, -0.05) is 37.7 Å². The number of para-hydroxylation sites is 2. The van der Waals surface area contributed by atoms with E-state index in [1.54, 1.807) is 0 Å². The van der Waals surface area contributed by atoms with Gasteiger partial charge in [0.15, 0.2) is 28.6 Å². The Morgan fingerprint density at radius 1 is 1.21 bits per heavy atom. The molecule has 8 heteroatoms. The van der Waals surface area contributed by atoms with E-state index in [1.165, 1.54) is 11.8 Å². The molecule has 2 heterocycles. The number of carbonyl (C=O) groups is 1. The van der Waals surface area contributed by atoms with Crippen molar-refractivity contribution in [2.45, 2.75) is 63.9 Å². The van der Waals surface area contributed by atoms with Gasteiger partial charge in [-0.2, -0.15) is 0 Å². The zero-order valence-corrected chi connectivity index (χ0v) is 18.6. The van der Waals surface area contributed by atoms with Crippen molar-refractivity contribution in [2.75, 3.05) is 12.4 Å². The number of fused-ring (bicyclic) bond motifs is 1. The van der Waals surface area contributed by atoms with Crippen molar-refractivity contribution in [3.8, 4) is 11.5 Å². The second-order valence-corrected chi connectivity index (χ2v) is 8.31. The van der Waals surface area contributed by atoms with Gasteiger partial charge in [-0.05, 0) is 38.8 Å². The van der Waals surface area contributed by atoms with Crippen LogP contribution in [0.2, 0.25) is 0 Å². The molecule has 0 spiro atoms. The Kier molecular flexibility index (Phi) is 7.05. The van der Waals surface area contributed by atoms with Crippen LogP contribution in [0.5, 0.6) is 11.5 Å². The minimum Gasteiger partial charge on any atom is -0.485 e. The molecule has 0 unspecified atom stereocenters. The molecule has 1 aliphatic rings. The number of carbonyl (C=O) groups excluding carboxylic acids is 1. The first-order chi connectivity index (χ1) is 14.0. The van der Waals surface area contributed by atoms with Gasteiger partial charge in [0, 0.05) is 19.1 Å². The average Bonchev–Trinajstić information content (AvgIpc) is 3.11. The lowest BCUT2D eigenvalue weighted by atomic mass is 10.1. The molecule has 1 aliphatic heterocycles. The standard InChI is InChI=1S/C21H30N4O3S/c1-6-14(3)25(15(4)7-2)19(26)13-29-21-23-22-20(24(21)5)18-12-27-16-10-8-9-11-17(16)28-18/h8-11,14-15,18H,6-7,12-13H2,1-5H3/t14-,15+,18-/m0/s1.